The highest BCUT2D eigenvalue weighted by molar-refractivity contribution is 5.76. The predicted octanol–water partition coefficient (Wildman–Crippen LogP) is -3.41. The van der Waals surface area contributed by atoms with Crippen LogP contribution in [0.15, 0.2) is 4.99 Å². The quantitative estimate of drug-likeness (QED) is 0.269. The molecule has 132 valence electrons. The lowest BCUT2D eigenvalue weighted by atomic mass is 10.2. The predicted molar refractivity (Wildman–Crippen MR) is 91.9 cm³/mol. The van der Waals surface area contributed by atoms with Crippen LogP contribution in [0.3, 0.4) is 0 Å². The summed E-state index contributed by atoms with van der Waals surface area (Å²) < 4.78 is 0. The van der Waals surface area contributed by atoms with E-state index in [0.717, 1.165) is 78.5 Å². The second-order valence-electron chi connectivity index (χ2n) is 6.35. The van der Waals surface area contributed by atoms with Gasteiger partial charge in [-0.15, -0.1) is 0 Å². The van der Waals surface area contributed by atoms with Gasteiger partial charge in [0.1, 0.15) is 0 Å². The molecule has 9 nitrogen and oxygen atoms in total. The highest BCUT2D eigenvalue weighted by Crippen LogP contribution is 2.29. The molecule has 3 saturated heterocycles. The second-order valence-corrected chi connectivity index (χ2v) is 6.35. The molecule has 3 aliphatic heterocycles. The van der Waals surface area contributed by atoms with E-state index in [2.05, 4.69) is 30.7 Å². The van der Waals surface area contributed by atoms with Gasteiger partial charge in [0, 0.05) is 78.5 Å². The molecule has 3 heterocycles. The van der Waals surface area contributed by atoms with Crippen molar-refractivity contribution in [3.63, 3.8) is 0 Å². The number of rotatable bonds is 4. The minimum atomic E-state index is -0.550. The molecule has 0 aromatic rings. The Morgan fingerprint density at radius 1 is 0.652 bits per heavy atom. The lowest BCUT2D eigenvalue weighted by Crippen LogP contribution is -2.75. The van der Waals surface area contributed by atoms with Gasteiger partial charge in [-0.3, -0.25) is 14.7 Å². The van der Waals surface area contributed by atoms with Gasteiger partial charge >= 0.3 is 0 Å². The molecule has 0 bridgehead atoms. The fourth-order valence-electron chi connectivity index (χ4n) is 3.88. The Labute approximate surface area is 138 Å². The van der Waals surface area contributed by atoms with Gasteiger partial charge in [-0.2, -0.15) is 4.99 Å². The Bertz CT molecular complexity index is 346. The molecule has 0 aromatic carbocycles. The maximum atomic E-state index is 5.90. The van der Waals surface area contributed by atoms with Crippen molar-refractivity contribution in [3.05, 3.63) is 0 Å². The van der Waals surface area contributed by atoms with Crippen molar-refractivity contribution in [3.8, 4) is 0 Å². The highest BCUT2D eigenvalue weighted by atomic mass is 15.7. The van der Waals surface area contributed by atoms with Gasteiger partial charge in [-0.1, -0.05) is 0 Å². The molecule has 0 unspecified atom stereocenters. The van der Waals surface area contributed by atoms with Crippen LogP contribution in [0.4, 0.5) is 0 Å². The van der Waals surface area contributed by atoms with E-state index in [1.807, 2.05) is 0 Å². The van der Waals surface area contributed by atoms with Crippen molar-refractivity contribution in [1.29, 1.82) is 0 Å². The average Bonchev–Trinajstić information content (AvgIpc) is 2.62. The second kappa shape index (κ2) is 7.73. The summed E-state index contributed by atoms with van der Waals surface area (Å²) in [6.45, 7) is 11.5. The summed E-state index contributed by atoms with van der Waals surface area (Å²) >= 11 is 0. The number of nitrogens with one attached hydrogen (secondary N) is 3. The fraction of sp³-hybridized carbons (Fsp3) is 0.929. The van der Waals surface area contributed by atoms with E-state index in [0.29, 0.717) is 0 Å². The van der Waals surface area contributed by atoms with Crippen molar-refractivity contribution >= 4 is 5.96 Å². The minimum absolute atomic E-state index is 0.167. The zero-order valence-electron chi connectivity index (χ0n) is 13.9. The number of nitrogens with two attached hydrogens (primary N) is 2. The Hall–Kier alpha value is -0.970. The zero-order chi connectivity index (χ0) is 16.1. The Morgan fingerprint density at radius 3 is 1.22 bits per heavy atom. The smallest absolute Gasteiger partial charge is 0.234 e. The van der Waals surface area contributed by atoms with Crippen LogP contribution < -0.4 is 27.4 Å². The third kappa shape index (κ3) is 3.59. The van der Waals surface area contributed by atoms with Crippen LogP contribution in [0.2, 0.25) is 0 Å². The van der Waals surface area contributed by atoms with E-state index in [4.69, 9.17) is 16.5 Å². The molecule has 3 rings (SSSR count). The lowest BCUT2D eigenvalue weighted by Gasteiger charge is -2.56. The molecule has 0 radical (unpaired) electrons. The third-order valence-electron chi connectivity index (χ3n) is 4.90. The monoisotopic (exact) mass is 325 g/mol. The number of hydrogen-bond acceptors (Lipinski definition) is 7. The molecule has 0 saturated carbocycles. The molecular formula is C14H31N9. The van der Waals surface area contributed by atoms with Crippen molar-refractivity contribution in [1.82, 2.24) is 30.7 Å². The molecule has 0 amide bonds. The van der Waals surface area contributed by atoms with Crippen molar-refractivity contribution in [2.75, 3.05) is 78.5 Å². The molecule has 0 aromatic heterocycles. The van der Waals surface area contributed by atoms with E-state index in [1.54, 1.807) is 0 Å². The van der Waals surface area contributed by atoms with Crippen molar-refractivity contribution in [2.24, 2.45) is 16.5 Å². The molecule has 23 heavy (non-hydrogen) atoms. The number of aliphatic imine (C=N–C) groups is 1. The molecule has 9 heteroatoms. The van der Waals surface area contributed by atoms with Gasteiger partial charge in [0.15, 0.2) is 5.96 Å². The third-order valence-corrected chi connectivity index (χ3v) is 4.90. The zero-order valence-corrected chi connectivity index (χ0v) is 13.9. The van der Waals surface area contributed by atoms with E-state index < -0.39 is 5.91 Å². The van der Waals surface area contributed by atoms with Crippen LogP contribution in [-0.2, 0) is 0 Å². The van der Waals surface area contributed by atoms with Gasteiger partial charge in [0.25, 0.3) is 0 Å². The number of guanidine groups is 1. The molecule has 3 aliphatic rings. The lowest BCUT2D eigenvalue weighted by molar-refractivity contribution is -0.174. The average molecular weight is 325 g/mol. The number of piperazine rings is 3. The van der Waals surface area contributed by atoms with Gasteiger partial charge in [-0.25, -0.2) is 0 Å². The molecular weight excluding hydrogens is 294 g/mol. The molecule has 7 N–H and O–H groups in total. The Morgan fingerprint density at radius 2 is 0.957 bits per heavy atom. The van der Waals surface area contributed by atoms with E-state index in [9.17, 15) is 0 Å². The standard InChI is InChI=1S/C14H31N9/c15-13(16)20-14(21-7-1-17-2-8-21,22-9-3-18-4-10-22)23-11-5-19-6-12-23/h17-19H,1-12H2,(H4,15,16,20). The van der Waals surface area contributed by atoms with Crippen LogP contribution >= 0.6 is 0 Å². The summed E-state index contributed by atoms with van der Waals surface area (Å²) in [5, 5.41) is 10.3. The van der Waals surface area contributed by atoms with E-state index in [-0.39, 0.29) is 5.96 Å². The summed E-state index contributed by atoms with van der Waals surface area (Å²) in [4.78, 5) is 12.2. The summed E-state index contributed by atoms with van der Waals surface area (Å²) in [7, 11) is 0. The summed E-state index contributed by atoms with van der Waals surface area (Å²) in [5.41, 5.74) is 11.8. The normalized spacial score (nSPS) is 26.1. The van der Waals surface area contributed by atoms with Gasteiger partial charge < -0.3 is 27.4 Å². The van der Waals surface area contributed by atoms with E-state index in [1.165, 1.54) is 0 Å². The van der Waals surface area contributed by atoms with Crippen LogP contribution in [0.5, 0.6) is 0 Å². The topological polar surface area (TPSA) is 110 Å². The molecule has 3 fully saturated rings. The molecule has 0 spiro atoms. The SMILES string of the molecule is NC(N)=NC(N1CCNCC1)(N1CCNCC1)N1CCNCC1. The first-order chi connectivity index (χ1) is 11.2. The van der Waals surface area contributed by atoms with Crippen LogP contribution in [-0.4, -0.2) is 105 Å². The minimum Gasteiger partial charge on any atom is -0.370 e. The van der Waals surface area contributed by atoms with E-state index >= 15 is 0 Å². The molecule has 0 atom stereocenters. The maximum absolute atomic E-state index is 5.90. The van der Waals surface area contributed by atoms with Crippen LogP contribution in [0, 0.1) is 0 Å². The van der Waals surface area contributed by atoms with Crippen LogP contribution in [0.1, 0.15) is 0 Å². The largest absolute Gasteiger partial charge is 0.370 e. The van der Waals surface area contributed by atoms with Crippen molar-refractivity contribution < 1.29 is 0 Å². The molecule has 0 aliphatic carbocycles. The summed E-state index contributed by atoms with van der Waals surface area (Å²) in [6, 6.07) is 0. The summed E-state index contributed by atoms with van der Waals surface area (Å²) in [5.74, 6) is -0.383. The first-order valence-electron chi connectivity index (χ1n) is 8.71. The van der Waals surface area contributed by atoms with Gasteiger partial charge in [0.2, 0.25) is 5.91 Å². The fourth-order valence-corrected chi connectivity index (χ4v) is 3.88. The number of nitrogens with zero attached hydrogens (tertiary/aromatic N) is 4. The summed E-state index contributed by atoms with van der Waals surface area (Å²) in [6.07, 6.45) is 0. The first kappa shape index (κ1) is 16.9. The van der Waals surface area contributed by atoms with Gasteiger partial charge in [-0.05, 0) is 0 Å². The van der Waals surface area contributed by atoms with Gasteiger partial charge in [0.05, 0.1) is 0 Å². The maximum Gasteiger partial charge on any atom is 0.234 e. The Kier molecular flexibility index (Phi) is 5.67. The number of hydrogen-bond donors (Lipinski definition) is 5. The first-order valence-corrected chi connectivity index (χ1v) is 8.71. The highest BCUT2D eigenvalue weighted by Gasteiger charge is 2.48. The van der Waals surface area contributed by atoms with Crippen LogP contribution in [0.25, 0.3) is 0 Å². The van der Waals surface area contributed by atoms with Crippen molar-refractivity contribution in [2.45, 2.75) is 5.91 Å². The Balaban J connectivity index is 1.97.